The Hall–Kier alpha value is -1.36. The van der Waals surface area contributed by atoms with Crippen molar-refractivity contribution < 1.29 is 4.39 Å². The van der Waals surface area contributed by atoms with Crippen LogP contribution < -0.4 is 0 Å². The Morgan fingerprint density at radius 3 is 2.33 bits per heavy atom. The molecule has 0 aromatic rings. The van der Waals surface area contributed by atoms with Crippen molar-refractivity contribution in [2.24, 2.45) is 5.92 Å². The van der Waals surface area contributed by atoms with Crippen LogP contribution in [0, 0.1) is 17.2 Å². The van der Waals surface area contributed by atoms with Crippen LogP contribution >= 0.6 is 0 Å². The second kappa shape index (κ2) is 4.50. The fraction of sp³-hybridized carbons (Fsp3) is 0.300. The van der Waals surface area contributed by atoms with E-state index in [4.69, 9.17) is 5.26 Å². The molecule has 0 aromatic heterocycles. The number of rotatable bonds is 3. The van der Waals surface area contributed by atoms with Crippen LogP contribution in [-0.2, 0) is 0 Å². The molecule has 64 valence electrons. The Balaban J connectivity index is 4.49. The smallest absolute Gasteiger partial charge is 0.140 e. The van der Waals surface area contributed by atoms with Crippen LogP contribution in [0.2, 0.25) is 0 Å². The minimum Gasteiger partial charge on any atom is -0.206 e. The number of allylic oxidation sites excluding steroid dienone is 4. The molecule has 0 unspecified atom stereocenters. The summed E-state index contributed by atoms with van der Waals surface area (Å²) in [6.45, 7) is 10.7. The van der Waals surface area contributed by atoms with E-state index in [2.05, 4.69) is 13.2 Å². The number of halogens is 1. The van der Waals surface area contributed by atoms with Gasteiger partial charge in [-0.2, -0.15) is 5.26 Å². The van der Waals surface area contributed by atoms with Gasteiger partial charge in [-0.3, -0.25) is 0 Å². The van der Waals surface area contributed by atoms with Crippen molar-refractivity contribution in [3.8, 4) is 6.07 Å². The highest BCUT2D eigenvalue weighted by atomic mass is 19.1. The van der Waals surface area contributed by atoms with Crippen molar-refractivity contribution in [2.45, 2.75) is 13.8 Å². The molecule has 0 aliphatic carbocycles. The van der Waals surface area contributed by atoms with Crippen LogP contribution in [-0.4, -0.2) is 0 Å². The van der Waals surface area contributed by atoms with Crippen molar-refractivity contribution in [2.75, 3.05) is 0 Å². The van der Waals surface area contributed by atoms with Gasteiger partial charge in [0.2, 0.25) is 0 Å². The number of hydrogen-bond acceptors (Lipinski definition) is 1. The lowest BCUT2D eigenvalue weighted by molar-refractivity contribution is 0.652. The van der Waals surface area contributed by atoms with Crippen molar-refractivity contribution in [1.29, 1.82) is 5.26 Å². The second-order valence-electron chi connectivity index (χ2n) is 2.81. The first-order valence-corrected chi connectivity index (χ1v) is 3.64. The summed E-state index contributed by atoms with van der Waals surface area (Å²) < 4.78 is 12.9. The van der Waals surface area contributed by atoms with Gasteiger partial charge in [0.1, 0.15) is 11.9 Å². The molecule has 1 nitrogen and oxygen atoms in total. The maximum Gasteiger partial charge on any atom is 0.140 e. The molecule has 0 radical (unpaired) electrons. The highest BCUT2D eigenvalue weighted by molar-refractivity contribution is 5.38. The van der Waals surface area contributed by atoms with Crippen LogP contribution in [0.3, 0.4) is 0 Å². The predicted octanol–water partition coefficient (Wildman–Crippen LogP) is 3.13. The fourth-order valence-electron chi connectivity index (χ4n) is 0.470. The third-order valence-electron chi connectivity index (χ3n) is 1.48. The van der Waals surface area contributed by atoms with Gasteiger partial charge >= 0.3 is 0 Å². The van der Waals surface area contributed by atoms with E-state index in [1.807, 2.05) is 13.8 Å². The SMILES string of the molecule is C=C(C#N)/C(F)=C\C(=C)C(C)C. The molecule has 12 heavy (non-hydrogen) atoms. The highest BCUT2D eigenvalue weighted by Crippen LogP contribution is 2.15. The van der Waals surface area contributed by atoms with E-state index in [9.17, 15) is 4.39 Å². The molecule has 0 fully saturated rings. The molecule has 0 aliphatic rings. The number of nitrogens with zero attached hydrogens (tertiary/aromatic N) is 1. The largest absolute Gasteiger partial charge is 0.206 e. The molecular formula is C10H12FN. The van der Waals surface area contributed by atoms with Crippen LogP contribution in [0.1, 0.15) is 13.8 Å². The summed E-state index contributed by atoms with van der Waals surface area (Å²) in [7, 11) is 0. The molecule has 0 saturated heterocycles. The molecule has 0 heterocycles. The molecule has 0 aromatic carbocycles. The molecule has 0 rings (SSSR count). The zero-order valence-electron chi connectivity index (χ0n) is 7.39. The number of hydrogen-bond donors (Lipinski definition) is 0. The molecular weight excluding hydrogens is 153 g/mol. The topological polar surface area (TPSA) is 23.8 Å². The highest BCUT2D eigenvalue weighted by Gasteiger charge is 2.02. The van der Waals surface area contributed by atoms with E-state index in [1.54, 1.807) is 6.07 Å². The summed E-state index contributed by atoms with van der Waals surface area (Å²) in [5.74, 6) is -0.418. The van der Waals surface area contributed by atoms with Gasteiger partial charge in [0.05, 0.1) is 5.57 Å². The summed E-state index contributed by atoms with van der Waals surface area (Å²) in [5.41, 5.74) is 0.501. The quantitative estimate of drug-likeness (QED) is 0.465. The average molecular weight is 165 g/mol. The monoisotopic (exact) mass is 165 g/mol. The van der Waals surface area contributed by atoms with Crippen molar-refractivity contribution in [1.82, 2.24) is 0 Å². The Labute approximate surface area is 72.5 Å². The van der Waals surface area contributed by atoms with E-state index in [1.165, 1.54) is 6.08 Å². The molecule has 0 atom stereocenters. The third kappa shape index (κ3) is 3.16. The van der Waals surface area contributed by atoms with Gasteiger partial charge in [-0.05, 0) is 17.6 Å². The predicted molar refractivity (Wildman–Crippen MR) is 47.9 cm³/mol. The van der Waals surface area contributed by atoms with E-state index in [-0.39, 0.29) is 11.5 Å². The standard InChI is InChI=1S/C10H12FN/c1-7(2)8(3)5-10(11)9(4)6-12/h5,7H,3-4H2,1-2H3/b10-5+. The fourth-order valence-corrected chi connectivity index (χ4v) is 0.470. The van der Waals surface area contributed by atoms with Gasteiger partial charge in [0.15, 0.2) is 0 Å². The molecule has 0 saturated carbocycles. The van der Waals surface area contributed by atoms with Crippen molar-refractivity contribution in [3.63, 3.8) is 0 Å². The zero-order valence-corrected chi connectivity index (χ0v) is 7.39. The summed E-state index contributed by atoms with van der Waals surface area (Å²) in [5, 5.41) is 8.30. The average Bonchev–Trinajstić information content (AvgIpc) is 2.02. The lowest BCUT2D eigenvalue weighted by atomic mass is 10.0. The second-order valence-corrected chi connectivity index (χ2v) is 2.81. The third-order valence-corrected chi connectivity index (χ3v) is 1.48. The Kier molecular flexibility index (Phi) is 3.99. The van der Waals surface area contributed by atoms with E-state index < -0.39 is 5.83 Å². The first-order valence-electron chi connectivity index (χ1n) is 3.64. The normalized spacial score (nSPS) is 11.1. The minimum atomic E-state index is -0.601. The minimum absolute atomic E-state index is 0.156. The molecule has 0 amide bonds. The van der Waals surface area contributed by atoms with Gasteiger partial charge in [0, 0.05) is 0 Å². The first kappa shape index (κ1) is 10.6. The van der Waals surface area contributed by atoms with Crippen molar-refractivity contribution in [3.05, 3.63) is 36.2 Å². The zero-order chi connectivity index (χ0) is 9.72. The van der Waals surface area contributed by atoms with Gasteiger partial charge < -0.3 is 0 Å². The summed E-state index contributed by atoms with van der Waals surface area (Å²) in [6.07, 6.45) is 1.25. The van der Waals surface area contributed by atoms with Crippen LogP contribution in [0.15, 0.2) is 36.2 Å². The first-order chi connectivity index (χ1) is 5.49. The van der Waals surface area contributed by atoms with Gasteiger partial charge in [-0.1, -0.05) is 27.0 Å². The van der Waals surface area contributed by atoms with Crippen LogP contribution in [0.25, 0.3) is 0 Å². The number of nitriles is 1. The maximum atomic E-state index is 12.9. The van der Waals surface area contributed by atoms with E-state index in [0.717, 1.165) is 0 Å². The summed E-state index contributed by atoms with van der Waals surface area (Å²) >= 11 is 0. The molecule has 0 aliphatic heterocycles. The molecule has 2 heteroatoms. The molecule has 0 spiro atoms. The Bertz CT molecular complexity index is 266. The van der Waals surface area contributed by atoms with Gasteiger partial charge in [-0.15, -0.1) is 0 Å². The van der Waals surface area contributed by atoms with E-state index >= 15 is 0 Å². The van der Waals surface area contributed by atoms with Crippen molar-refractivity contribution >= 4 is 0 Å². The molecule has 0 bridgehead atoms. The van der Waals surface area contributed by atoms with E-state index in [0.29, 0.717) is 5.57 Å². The van der Waals surface area contributed by atoms with Gasteiger partial charge in [0.25, 0.3) is 0 Å². The van der Waals surface area contributed by atoms with Crippen LogP contribution in [0.5, 0.6) is 0 Å². The maximum absolute atomic E-state index is 12.9. The lowest BCUT2D eigenvalue weighted by Gasteiger charge is -2.02. The molecule has 0 N–H and O–H groups in total. The Morgan fingerprint density at radius 2 is 2.00 bits per heavy atom. The summed E-state index contributed by atoms with van der Waals surface area (Å²) in [6, 6.07) is 1.63. The lowest BCUT2D eigenvalue weighted by Crippen LogP contribution is -1.89. The Morgan fingerprint density at radius 1 is 1.50 bits per heavy atom. The van der Waals surface area contributed by atoms with Gasteiger partial charge in [-0.25, -0.2) is 4.39 Å². The summed E-state index contributed by atoms with van der Waals surface area (Å²) in [4.78, 5) is 0. The van der Waals surface area contributed by atoms with Crippen LogP contribution in [0.4, 0.5) is 4.39 Å².